The highest BCUT2D eigenvalue weighted by atomic mass is 16.2. The Balaban J connectivity index is 2.04. The molecule has 0 aliphatic carbocycles. The van der Waals surface area contributed by atoms with Gasteiger partial charge in [-0.3, -0.25) is 14.5 Å². The molecule has 1 N–H and O–H groups in total. The van der Waals surface area contributed by atoms with E-state index in [2.05, 4.69) is 24.1 Å². The predicted octanol–water partition coefficient (Wildman–Crippen LogP) is -0.326. The van der Waals surface area contributed by atoms with Crippen LogP contribution in [0.15, 0.2) is 0 Å². The Hall–Kier alpha value is -1.10. The summed E-state index contributed by atoms with van der Waals surface area (Å²) in [6.45, 7) is 9.29. The molecule has 2 rings (SSSR count). The second-order valence-electron chi connectivity index (χ2n) is 5.43. The number of nitrogens with zero attached hydrogens (tertiary/aromatic N) is 2. The quantitative estimate of drug-likeness (QED) is 0.718. The van der Waals surface area contributed by atoms with Crippen LogP contribution in [0.5, 0.6) is 0 Å². The van der Waals surface area contributed by atoms with Crippen LogP contribution in [0.2, 0.25) is 0 Å². The van der Waals surface area contributed by atoms with Crippen molar-refractivity contribution in [3.05, 3.63) is 0 Å². The lowest BCUT2D eigenvalue weighted by Gasteiger charge is -2.45. The largest absolute Gasteiger partial charge is 0.343 e. The van der Waals surface area contributed by atoms with Crippen molar-refractivity contribution < 1.29 is 9.59 Å². The van der Waals surface area contributed by atoms with Gasteiger partial charge in [0.25, 0.3) is 0 Å². The molecule has 2 aliphatic heterocycles. The maximum absolute atomic E-state index is 11.9. The molecule has 0 saturated carbocycles. The Morgan fingerprint density at radius 1 is 1.35 bits per heavy atom. The fourth-order valence-corrected chi connectivity index (χ4v) is 2.63. The third-order valence-electron chi connectivity index (χ3n) is 3.40. The van der Waals surface area contributed by atoms with Crippen LogP contribution in [0.1, 0.15) is 20.8 Å². The van der Waals surface area contributed by atoms with Crippen molar-refractivity contribution in [2.24, 2.45) is 5.92 Å². The van der Waals surface area contributed by atoms with Crippen LogP contribution >= 0.6 is 0 Å². The summed E-state index contributed by atoms with van der Waals surface area (Å²) < 4.78 is 0. The first-order valence-electron chi connectivity index (χ1n) is 6.32. The van der Waals surface area contributed by atoms with Gasteiger partial charge in [-0.05, 0) is 12.8 Å². The minimum Gasteiger partial charge on any atom is -0.343 e. The van der Waals surface area contributed by atoms with Crippen molar-refractivity contribution in [1.82, 2.24) is 15.1 Å². The summed E-state index contributed by atoms with van der Waals surface area (Å²) in [5.74, 6) is 0.632. The maximum atomic E-state index is 11.9. The summed E-state index contributed by atoms with van der Waals surface area (Å²) in [6.07, 6.45) is 0. The zero-order valence-corrected chi connectivity index (χ0v) is 10.8. The molecule has 2 saturated heterocycles. The van der Waals surface area contributed by atoms with Crippen molar-refractivity contribution in [3.8, 4) is 0 Å². The molecule has 0 aromatic heterocycles. The van der Waals surface area contributed by atoms with E-state index in [4.69, 9.17) is 0 Å². The van der Waals surface area contributed by atoms with Gasteiger partial charge >= 0.3 is 0 Å². The van der Waals surface area contributed by atoms with E-state index in [-0.39, 0.29) is 23.9 Å². The summed E-state index contributed by atoms with van der Waals surface area (Å²) in [7, 11) is 0. The molecule has 2 fully saturated rings. The number of piperazine rings is 2. The highest BCUT2D eigenvalue weighted by molar-refractivity contribution is 5.97. The van der Waals surface area contributed by atoms with E-state index >= 15 is 0 Å². The van der Waals surface area contributed by atoms with E-state index in [1.807, 2.05) is 0 Å². The first kappa shape index (κ1) is 12.4. The molecule has 0 aromatic carbocycles. The van der Waals surface area contributed by atoms with Crippen molar-refractivity contribution in [3.63, 3.8) is 0 Å². The molecule has 96 valence electrons. The Morgan fingerprint density at radius 3 is 2.71 bits per heavy atom. The third kappa shape index (κ3) is 2.44. The lowest BCUT2D eigenvalue weighted by Crippen LogP contribution is -2.68. The van der Waals surface area contributed by atoms with Gasteiger partial charge in [-0.1, -0.05) is 13.8 Å². The normalized spacial score (nSPS) is 30.5. The van der Waals surface area contributed by atoms with Crippen LogP contribution in [0.25, 0.3) is 0 Å². The van der Waals surface area contributed by atoms with Crippen LogP contribution in [-0.4, -0.2) is 59.9 Å². The average Bonchev–Trinajstić information content (AvgIpc) is 2.25. The molecule has 17 heavy (non-hydrogen) atoms. The number of carbonyl (C=O) groups excluding carboxylic acids is 2. The Kier molecular flexibility index (Phi) is 3.38. The maximum Gasteiger partial charge on any atom is 0.245 e. The molecule has 5 nitrogen and oxygen atoms in total. The minimum atomic E-state index is -0.365. The standard InChI is InChI=1S/C12H21N3O2/c1-8(2)6-14-4-5-15-10(7-14)11(16)13-9(3)12(15)17/h8-10H,4-7H2,1-3H3,(H,13,16)/t9-,10-/m1/s1. The van der Waals surface area contributed by atoms with Gasteiger partial charge in [0, 0.05) is 26.2 Å². The number of nitrogens with one attached hydrogen (secondary N) is 1. The molecule has 5 heteroatoms. The average molecular weight is 239 g/mol. The second-order valence-corrected chi connectivity index (χ2v) is 5.43. The van der Waals surface area contributed by atoms with E-state index in [9.17, 15) is 9.59 Å². The SMILES string of the molecule is CC(C)CN1CCN2C(=O)[C@@H](C)NC(=O)[C@H]2C1. The van der Waals surface area contributed by atoms with Crippen LogP contribution in [0.3, 0.4) is 0 Å². The minimum absolute atomic E-state index is 0.00874. The molecule has 2 amide bonds. The molecule has 2 heterocycles. The zero-order valence-electron chi connectivity index (χ0n) is 10.8. The fourth-order valence-electron chi connectivity index (χ4n) is 2.63. The molecule has 0 radical (unpaired) electrons. The number of fused-ring (bicyclic) bond motifs is 1. The first-order valence-corrected chi connectivity index (χ1v) is 6.32. The van der Waals surface area contributed by atoms with Gasteiger partial charge in [0.1, 0.15) is 12.1 Å². The second kappa shape index (κ2) is 4.64. The molecule has 0 unspecified atom stereocenters. The van der Waals surface area contributed by atoms with Crippen LogP contribution in [0, 0.1) is 5.92 Å². The molecular weight excluding hydrogens is 218 g/mol. The monoisotopic (exact) mass is 239 g/mol. The molecule has 2 aliphatic rings. The molecule has 0 spiro atoms. The summed E-state index contributed by atoms with van der Waals surface area (Å²) in [5.41, 5.74) is 0. The molecule has 0 aromatic rings. The fraction of sp³-hybridized carbons (Fsp3) is 0.833. The smallest absolute Gasteiger partial charge is 0.245 e. The van der Waals surface area contributed by atoms with E-state index < -0.39 is 0 Å². The van der Waals surface area contributed by atoms with E-state index in [0.29, 0.717) is 19.0 Å². The third-order valence-corrected chi connectivity index (χ3v) is 3.40. The highest BCUT2D eigenvalue weighted by Crippen LogP contribution is 2.16. The topological polar surface area (TPSA) is 52.6 Å². The zero-order chi connectivity index (χ0) is 12.6. The van der Waals surface area contributed by atoms with Crippen LogP contribution in [-0.2, 0) is 9.59 Å². The van der Waals surface area contributed by atoms with Gasteiger partial charge in [0.15, 0.2) is 0 Å². The molecule has 2 atom stereocenters. The number of hydrogen-bond acceptors (Lipinski definition) is 3. The number of hydrogen-bond donors (Lipinski definition) is 1. The van der Waals surface area contributed by atoms with Gasteiger partial charge in [-0.15, -0.1) is 0 Å². The van der Waals surface area contributed by atoms with Gasteiger partial charge in [-0.25, -0.2) is 0 Å². The van der Waals surface area contributed by atoms with Gasteiger partial charge < -0.3 is 10.2 Å². The first-order chi connectivity index (χ1) is 7.99. The van der Waals surface area contributed by atoms with Crippen LogP contribution in [0.4, 0.5) is 0 Å². The van der Waals surface area contributed by atoms with Crippen molar-refractivity contribution in [1.29, 1.82) is 0 Å². The van der Waals surface area contributed by atoms with Gasteiger partial charge in [0.05, 0.1) is 0 Å². The number of amides is 2. The summed E-state index contributed by atoms with van der Waals surface area (Å²) in [6, 6.07) is -0.651. The van der Waals surface area contributed by atoms with Crippen LogP contribution < -0.4 is 5.32 Å². The lowest BCUT2D eigenvalue weighted by molar-refractivity contribution is -0.152. The molecular formula is C12H21N3O2. The van der Waals surface area contributed by atoms with E-state index in [0.717, 1.165) is 13.1 Å². The summed E-state index contributed by atoms with van der Waals surface area (Å²) >= 11 is 0. The van der Waals surface area contributed by atoms with E-state index in [1.165, 1.54) is 0 Å². The van der Waals surface area contributed by atoms with E-state index in [1.54, 1.807) is 11.8 Å². The number of rotatable bonds is 2. The number of carbonyl (C=O) groups is 2. The molecule has 0 bridgehead atoms. The Bertz CT molecular complexity index is 330. The summed E-state index contributed by atoms with van der Waals surface area (Å²) in [4.78, 5) is 27.8. The predicted molar refractivity (Wildman–Crippen MR) is 64.4 cm³/mol. The Morgan fingerprint density at radius 2 is 2.06 bits per heavy atom. The van der Waals surface area contributed by atoms with Gasteiger partial charge in [-0.2, -0.15) is 0 Å². The van der Waals surface area contributed by atoms with Crippen molar-refractivity contribution in [2.75, 3.05) is 26.2 Å². The van der Waals surface area contributed by atoms with Crippen molar-refractivity contribution >= 4 is 11.8 Å². The van der Waals surface area contributed by atoms with Crippen molar-refractivity contribution in [2.45, 2.75) is 32.9 Å². The summed E-state index contributed by atoms with van der Waals surface area (Å²) in [5, 5.41) is 2.75. The highest BCUT2D eigenvalue weighted by Gasteiger charge is 2.41. The Labute approximate surface area is 102 Å². The van der Waals surface area contributed by atoms with Gasteiger partial charge in [0.2, 0.25) is 11.8 Å². The lowest BCUT2D eigenvalue weighted by atomic mass is 10.0.